The third-order valence-electron chi connectivity index (χ3n) is 2.43. The number of carbonyl (C=O) groups is 1. The number of carboxylic acid groups (broad SMARTS) is 1. The van der Waals surface area contributed by atoms with Crippen LogP contribution in [0.25, 0.3) is 10.8 Å². The molecule has 0 fully saturated rings. The average molecular weight is 228 g/mol. The fourth-order valence-electron chi connectivity index (χ4n) is 1.45. The van der Waals surface area contributed by atoms with E-state index in [2.05, 4.69) is 0 Å². The van der Waals surface area contributed by atoms with Crippen LogP contribution in [0.15, 0.2) is 54.3 Å². The van der Waals surface area contributed by atoms with Crippen LogP contribution in [0.2, 0.25) is 0 Å². The van der Waals surface area contributed by atoms with Gasteiger partial charge in [-0.25, -0.2) is 4.79 Å². The van der Waals surface area contributed by atoms with Gasteiger partial charge in [0.25, 0.3) is 0 Å². The fraction of sp³-hybridized carbons (Fsp3) is 0.0714. The lowest BCUT2D eigenvalue weighted by molar-refractivity contribution is -0.132. The Balaban J connectivity index is 2.25. The Morgan fingerprint density at radius 3 is 2.59 bits per heavy atom. The maximum Gasteiger partial charge on any atom is 0.334 e. The number of rotatable bonds is 3. The first kappa shape index (κ1) is 11.2. The van der Waals surface area contributed by atoms with Crippen molar-refractivity contribution in [1.82, 2.24) is 0 Å². The molecule has 3 heteroatoms. The molecule has 0 unspecified atom stereocenters. The molecule has 0 radical (unpaired) electrons. The molecule has 0 aromatic heterocycles. The zero-order valence-electron chi connectivity index (χ0n) is 9.38. The van der Waals surface area contributed by atoms with Crippen molar-refractivity contribution in [1.29, 1.82) is 0 Å². The van der Waals surface area contributed by atoms with E-state index in [4.69, 9.17) is 9.84 Å². The van der Waals surface area contributed by atoms with Crippen LogP contribution >= 0.6 is 0 Å². The maximum atomic E-state index is 10.6. The van der Waals surface area contributed by atoms with Gasteiger partial charge in [0, 0.05) is 0 Å². The highest BCUT2D eigenvalue weighted by molar-refractivity contribution is 5.85. The first-order valence-corrected chi connectivity index (χ1v) is 5.22. The van der Waals surface area contributed by atoms with Crippen molar-refractivity contribution >= 4 is 16.7 Å². The van der Waals surface area contributed by atoms with Crippen molar-refractivity contribution in [3.8, 4) is 5.75 Å². The zero-order valence-corrected chi connectivity index (χ0v) is 9.38. The summed E-state index contributed by atoms with van der Waals surface area (Å²) in [6, 6.07) is 13.5. The van der Waals surface area contributed by atoms with Crippen LogP contribution in [0.5, 0.6) is 5.75 Å². The molecule has 1 N–H and O–H groups in total. The minimum atomic E-state index is -0.981. The van der Waals surface area contributed by atoms with Crippen LogP contribution in [0.3, 0.4) is 0 Å². The third-order valence-corrected chi connectivity index (χ3v) is 2.43. The van der Waals surface area contributed by atoms with Crippen molar-refractivity contribution in [3.63, 3.8) is 0 Å². The second-order valence-electron chi connectivity index (χ2n) is 3.73. The smallest absolute Gasteiger partial charge is 0.334 e. The zero-order chi connectivity index (χ0) is 12.3. The lowest BCUT2D eigenvalue weighted by Crippen LogP contribution is -1.98. The number of carboxylic acids is 1. The molecule has 0 saturated heterocycles. The molecular weight excluding hydrogens is 216 g/mol. The third kappa shape index (κ3) is 2.64. The minimum absolute atomic E-state index is 0.165. The van der Waals surface area contributed by atoms with E-state index in [0.29, 0.717) is 5.75 Å². The van der Waals surface area contributed by atoms with Gasteiger partial charge in [0.05, 0.1) is 5.57 Å². The maximum absolute atomic E-state index is 10.6. The van der Waals surface area contributed by atoms with Crippen molar-refractivity contribution < 1.29 is 14.6 Å². The molecule has 2 aromatic carbocycles. The molecule has 0 aliphatic rings. The van der Waals surface area contributed by atoms with E-state index in [9.17, 15) is 4.79 Å². The second-order valence-corrected chi connectivity index (χ2v) is 3.73. The van der Waals surface area contributed by atoms with E-state index in [1.165, 1.54) is 13.2 Å². The monoisotopic (exact) mass is 228 g/mol. The van der Waals surface area contributed by atoms with Gasteiger partial charge in [-0.05, 0) is 29.8 Å². The van der Waals surface area contributed by atoms with Crippen LogP contribution in [0.4, 0.5) is 0 Å². The summed E-state index contributed by atoms with van der Waals surface area (Å²) in [5.74, 6) is -0.352. The molecule has 86 valence electrons. The number of hydrogen-bond donors (Lipinski definition) is 1. The standard InChI is InChI=1S/C14H12O3/c1-10(14(15)16)9-17-13-7-6-11-4-2-3-5-12(11)8-13/h2-9H,1H3,(H,15,16). The Kier molecular flexibility index (Phi) is 3.10. The summed E-state index contributed by atoms with van der Waals surface area (Å²) < 4.78 is 5.29. The summed E-state index contributed by atoms with van der Waals surface area (Å²) in [7, 11) is 0. The predicted octanol–water partition coefficient (Wildman–Crippen LogP) is 3.21. The minimum Gasteiger partial charge on any atom is -0.478 e. The number of ether oxygens (including phenoxy) is 1. The largest absolute Gasteiger partial charge is 0.478 e. The predicted molar refractivity (Wildman–Crippen MR) is 66.0 cm³/mol. The Hall–Kier alpha value is -2.29. The van der Waals surface area contributed by atoms with E-state index < -0.39 is 5.97 Å². The summed E-state index contributed by atoms with van der Waals surface area (Å²) in [5, 5.41) is 10.9. The highest BCUT2D eigenvalue weighted by atomic mass is 16.5. The van der Waals surface area contributed by atoms with Crippen LogP contribution < -0.4 is 4.74 Å². The summed E-state index contributed by atoms with van der Waals surface area (Å²) >= 11 is 0. The van der Waals surface area contributed by atoms with Crippen LogP contribution in [0, 0.1) is 0 Å². The SMILES string of the molecule is CC(=COc1ccc2ccccc2c1)C(=O)O. The van der Waals surface area contributed by atoms with Gasteiger partial charge < -0.3 is 9.84 Å². The molecule has 0 saturated carbocycles. The highest BCUT2D eigenvalue weighted by Gasteiger charge is 2.00. The lowest BCUT2D eigenvalue weighted by Gasteiger charge is -2.03. The normalized spacial score (nSPS) is 11.5. The van der Waals surface area contributed by atoms with Crippen molar-refractivity contribution in [2.75, 3.05) is 0 Å². The Morgan fingerprint density at radius 2 is 1.88 bits per heavy atom. The van der Waals surface area contributed by atoms with E-state index in [-0.39, 0.29) is 5.57 Å². The number of aliphatic carboxylic acids is 1. The van der Waals surface area contributed by atoms with E-state index in [1.807, 2.05) is 42.5 Å². The van der Waals surface area contributed by atoms with Crippen molar-refractivity contribution in [2.45, 2.75) is 6.92 Å². The van der Waals surface area contributed by atoms with Crippen LogP contribution in [-0.4, -0.2) is 11.1 Å². The number of benzene rings is 2. The molecule has 0 bridgehead atoms. The number of fused-ring (bicyclic) bond motifs is 1. The molecule has 0 aliphatic carbocycles. The van der Waals surface area contributed by atoms with Crippen molar-refractivity contribution in [2.24, 2.45) is 0 Å². The second kappa shape index (κ2) is 4.70. The van der Waals surface area contributed by atoms with Gasteiger partial charge in [0.2, 0.25) is 0 Å². The molecule has 3 nitrogen and oxygen atoms in total. The molecule has 0 atom stereocenters. The summed E-state index contributed by atoms with van der Waals surface area (Å²) in [4.78, 5) is 10.6. The average Bonchev–Trinajstić information content (AvgIpc) is 2.35. The van der Waals surface area contributed by atoms with Gasteiger partial charge in [-0.3, -0.25) is 0 Å². The topological polar surface area (TPSA) is 46.5 Å². The fourth-order valence-corrected chi connectivity index (χ4v) is 1.45. The lowest BCUT2D eigenvalue weighted by atomic mass is 10.1. The van der Waals surface area contributed by atoms with Gasteiger partial charge in [0.1, 0.15) is 12.0 Å². The van der Waals surface area contributed by atoms with E-state index in [0.717, 1.165) is 10.8 Å². The number of hydrogen-bond acceptors (Lipinski definition) is 2. The van der Waals surface area contributed by atoms with Crippen molar-refractivity contribution in [3.05, 3.63) is 54.3 Å². The van der Waals surface area contributed by atoms with Gasteiger partial charge in [0.15, 0.2) is 0 Å². The summed E-state index contributed by atoms with van der Waals surface area (Å²) in [6.07, 6.45) is 1.24. The highest BCUT2D eigenvalue weighted by Crippen LogP contribution is 2.20. The summed E-state index contributed by atoms with van der Waals surface area (Å²) in [6.45, 7) is 1.49. The van der Waals surface area contributed by atoms with Gasteiger partial charge in [-0.2, -0.15) is 0 Å². The molecule has 0 heterocycles. The Bertz CT molecular complexity index is 585. The Labute approximate surface area is 99.0 Å². The van der Waals surface area contributed by atoms with Crippen LogP contribution in [-0.2, 0) is 4.79 Å². The quantitative estimate of drug-likeness (QED) is 0.648. The van der Waals surface area contributed by atoms with E-state index >= 15 is 0 Å². The first-order chi connectivity index (χ1) is 8.16. The molecule has 0 spiro atoms. The molecule has 0 aliphatic heterocycles. The molecule has 2 rings (SSSR count). The van der Waals surface area contributed by atoms with Gasteiger partial charge >= 0.3 is 5.97 Å². The van der Waals surface area contributed by atoms with Crippen LogP contribution in [0.1, 0.15) is 6.92 Å². The Morgan fingerprint density at radius 1 is 1.18 bits per heavy atom. The first-order valence-electron chi connectivity index (χ1n) is 5.22. The summed E-state index contributed by atoms with van der Waals surface area (Å²) in [5.41, 5.74) is 0.165. The molecular formula is C14H12O3. The van der Waals surface area contributed by atoms with Gasteiger partial charge in [-0.15, -0.1) is 0 Å². The van der Waals surface area contributed by atoms with Gasteiger partial charge in [-0.1, -0.05) is 30.3 Å². The molecule has 2 aromatic rings. The van der Waals surface area contributed by atoms with E-state index in [1.54, 1.807) is 0 Å². The molecule has 0 amide bonds. The molecule has 17 heavy (non-hydrogen) atoms.